The molecule has 5 nitrogen and oxygen atoms in total. The summed E-state index contributed by atoms with van der Waals surface area (Å²) < 4.78 is 0.526. The van der Waals surface area contributed by atoms with Crippen molar-refractivity contribution < 1.29 is 14.7 Å². The third-order valence-corrected chi connectivity index (χ3v) is 3.03. The van der Waals surface area contributed by atoms with E-state index < -0.39 is 0 Å². The van der Waals surface area contributed by atoms with E-state index in [4.69, 9.17) is 0 Å². The molecule has 2 amide bonds. The molecule has 0 aliphatic carbocycles. The highest BCUT2D eigenvalue weighted by Crippen LogP contribution is 2.24. The first-order valence-electron chi connectivity index (χ1n) is 6.27. The maximum atomic E-state index is 11.8. The minimum absolute atomic E-state index is 0.00289. The Labute approximate surface area is 126 Å². The van der Waals surface area contributed by atoms with Gasteiger partial charge in [-0.3, -0.25) is 9.59 Å². The van der Waals surface area contributed by atoms with Gasteiger partial charge in [0.15, 0.2) is 0 Å². The molecular formula is C14H19BrN2O3. The fraction of sp³-hybridized carbons (Fsp3) is 0.429. The number of carbonyl (C=O) groups is 2. The van der Waals surface area contributed by atoms with E-state index in [2.05, 4.69) is 26.6 Å². The summed E-state index contributed by atoms with van der Waals surface area (Å²) in [6.45, 7) is 5.94. The van der Waals surface area contributed by atoms with E-state index >= 15 is 0 Å². The molecule has 0 aliphatic heterocycles. The minimum atomic E-state index is -0.323. The van der Waals surface area contributed by atoms with Crippen LogP contribution < -0.4 is 10.6 Å². The van der Waals surface area contributed by atoms with Gasteiger partial charge in [-0.2, -0.15) is 0 Å². The molecule has 0 spiro atoms. The first kappa shape index (κ1) is 16.5. The van der Waals surface area contributed by atoms with Crippen LogP contribution >= 0.6 is 15.9 Å². The van der Waals surface area contributed by atoms with Gasteiger partial charge in [-0.1, -0.05) is 0 Å². The molecule has 1 aromatic carbocycles. The number of aromatic hydroxyl groups is 1. The van der Waals surface area contributed by atoms with E-state index in [1.807, 2.05) is 20.8 Å². The maximum Gasteiger partial charge on any atom is 0.251 e. The Kier molecular flexibility index (Phi) is 5.56. The van der Waals surface area contributed by atoms with E-state index in [1.165, 1.54) is 6.07 Å². The van der Waals surface area contributed by atoms with E-state index in [0.29, 0.717) is 10.0 Å². The highest BCUT2D eigenvalue weighted by atomic mass is 79.9. The summed E-state index contributed by atoms with van der Waals surface area (Å²) in [5, 5.41) is 14.9. The molecule has 0 saturated carbocycles. The van der Waals surface area contributed by atoms with Crippen LogP contribution in [0.25, 0.3) is 0 Å². The predicted octanol–water partition coefficient (Wildman–Crippen LogP) is 2.19. The van der Waals surface area contributed by atoms with Gasteiger partial charge in [0.05, 0.1) is 4.47 Å². The Hall–Kier alpha value is -1.56. The standard InChI is InChI=1S/C14H19BrN2O3/c1-14(2,3)17-12(19)6-7-16-13(20)9-4-5-10(15)11(18)8-9/h4-5,8,18H,6-7H2,1-3H3,(H,16,20)(H,17,19). The number of phenols is 1. The third-order valence-electron chi connectivity index (χ3n) is 2.36. The largest absolute Gasteiger partial charge is 0.507 e. The van der Waals surface area contributed by atoms with Crippen molar-refractivity contribution in [3.63, 3.8) is 0 Å². The first-order chi connectivity index (χ1) is 9.19. The van der Waals surface area contributed by atoms with Crippen LogP contribution in [0, 0.1) is 0 Å². The Morgan fingerprint density at radius 2 is 1.95 bits per heavy atom. The second kappa shape index (κ2) is 6.74. The van der Waals surface area contributed by atoms with Crippen molar-refractivity contribution in [2.45, 2.75) is 32.7 Å². The topological polar surface area (TPSA) is 78.4 Å². The molecule has 20 heavy (non-hydrogen) atoms. The van der Waals surface area contributed by atoms with Crippen LogP contribution in [0.3, 0.4) is 0 Å². The van der Waals surface area contributed by atoms with E-state index in [1.54, 1.807) is 12.1 Å². The SMILES string of the molecule is CC(C)(C)NC(=O)CCNC(=O)c1ccc(Br)c(O)c1. The summed E-state index contributed by atoms with van der Waals surface area (Å²) in [5.41, 5.74) is 0.0698. The molecule has 0 radical (unpaired) electrons. The molecule has 0 bridgehead atoms. The number of hydrogen-bond donors (Lipinski definition) is 3. The normalized spacial score (nSPS) is 11.0. The quantitative estimate of drug-likeness (QED) is 0.784. The molecule has 0 unspecified atom stereocenters. The van der Waals surface area contributed by atoms with Gasteiger partial charge in [-0.25, -0.2) is 0 Å². The zero-order valence-electron chi connectivity index (χ0n) is 11.8. The molecule has 0 fully saturated rings. The van der Waals surface area contributed by atoms with Gasteiger partial charge in [-0.05, 0) is 54.9 Å². The Bertz CT molecular complexity index is 510. The van der Waals surface area contributed by atoms with E-state index in [0.717, 1.165) is 0 Å². The molecule has 1 rings (SSSR count). The van der Waals surface area contributed by atoms with Crippen LogP contribution in [0.15, 0.2) is 22.7 Å². The van der Waals surface area contributed by atoms with Crippen LogP contribution in [0.5, 0.6) is 5.75 Å². The summed E-state index contributed by atoms with van der Waals surface area (Å²) in [6.07, 6.45) is 0.214. The van der Waals surface area contributed by atoms with Crippen molar-refractivity contribution >= 4 is 27.7 Å². The molecule has 0 aliphatic rings. The number of amides is 2. The Morgan fingerprint density at radius 1 is 1.30 bits per heavy atom. The molecule has 3 N–H and O–H groups in total. The third kappa shape index (κ3) is 5.61. The molecule has 0 saturated heterocycles. The summed E-state index contributed by atoms with van der Waals surface area (Å²) in [5.74, 6) is -0.434. The number of rotatable bonds is 4. The van der Waals surface area contributed by atoms with Gasteiger partial charge in [0.25, 0.3) is 5.91 Å². The second-order valence-electron chi connectivity index (χ2n) is 5.47. The monoisotopic (exact) mass is 342 g/mol. The second-order valence-corrected chi connectivity index (χ2v) is 6.32. The lowest BCUT2D eigenvalue weighted by Crippen LogP contribution is -2.41. The fourth-order valence-electron chi connectivity index (χ4n) is 1.53. The van der Waals surface area contributed by atoms with Crippen LogP contribution in [0.1, 0.15) is 37.6 Å². The van der Waals surface area contributed by atoms with Crippen molar-refractivity contribution in [2.75, 3.05) is 6.54 Å². The molecule has 1 aromatic rings. The maximum absolute atomic E-state index is 11.8. The highest BCUT2D eigenvalue weighted by Gasteiger charge is 2.14. The van der Waals surface area contributed by atoms with Gasteiger partial charge in [-0.15, -0.1) is 0 Å². The fourth-order valence-corrected chi connectivity index (χ4v) is 1.77. The van der Waals surface area contributed by atoms with Crippen LogP contribution in [-0.2, 0) is 4.79 Å². The van der Waals surface area contributed by atoms with Crippen molar-refractivity contribution in [2.24, 2.45) is 0 Å². The molecule has 0 atom stereocenters. The van der Waals surface area contributed by atoms with E-state index in [9.17, 15) is 14.7 Å². The van der Waals surface area contributed by atoms with Crippen molar-refractivity contribution in [3.05, 3.63) is 28.2 Å². The van der Waals surface area contributed by atoms with Crippen molar-refractivity contribution in [1.29, 1.82) is 0 Å². The van der Waals surface area contributed by atoms with Crippen molar-refractivity contribution in [1.82, 2.24) is 10.6 Å². The summed E-state index contributed by atoms with van der Waals surface area (Å²) >= 11 is 3.14. The number of benzene rings is 1. The van der Waals surface area contributed by atoms with Crippen LogP contribution in [-0.4, -0.2) is 29.0 Å². The lowest BCUT2D eigenvalue weighted by atomic mass is 10.1. The van der Waals surface area contributed by atoms with Crippen LogP contribution in [0.4, 0.5) is 0 Å². The minimum Gasteiger partial charge on any atom is -0.507 e. The number of carbonyl (C=O) groups excluding carboxylic acids is 2. The summed E-state index contributed by atoms with van der Waals surface area (Å²) in [4.78, 5) is 23.4. The Balaban J connectivity index is 2.44. The molecule has 110 valence electrons. The first-order valence-corrected chi connectivity index (χ1v) is 7.06. The number of halogens is 1. The highest BCUT2D eigenvalue weighted by molar-refractivity contribution is 9.10. The lowest BCUT2D eigenvalue weighted by molar-refractivity contribution is -0.122. The molecule has 0 heterocycles. The zero-order chi connectivity index (χ0) is 15.3. The van der Waals surface area contributed by atoms with Gasteiger partial charge in [0.2, 0.25) is 5.91 Å². The Morgan fingerprint density at radius 3 is 2.50 bits per heavy atom. The predicted molar refractivity (Wildman–Crippen MR) is 80.7 cm³/mol. The van der Waals surface area contributed by atoms with Gasteiger partial charge < -0.3 is 15.7 Å². The zero-order valence-corrected chi connectivity index (χ0v) is 13.4. The van der Waals surface area contributed by atoms with Crippen molar-refractivity contribution in [3.8, 4) is 5.75 Å². The average molecular weight is 343 g/mol. The average Bonchev–Trinajstić information content (AvgIpc) is 2.30. The van der Waals surface area contributed by atoms with Gasteiger partial charge in [0, 0.05) is 24.1 Å². The smallest absolute Gasteiger partial charge is 0.251 e. The van der Waals surface area contributed by atoms with Gasteiger partial charge in [0.1, 0.15) is 5.75 Å². The van der Waals surface area contributed by atoms with Crippen LogP contribution in [0.2, 0.25) is 0 Å². The number of hydrogen-bond acceptors (Lipinski definition) is 3. The number of phenolic OH excluding ortho intramolecular Hbond substituents is 1. The summed E-state index contributed by atoms with van der Waals surface area (Å²) in [7, 11) is 0. The van der Waals surface area contributed by atoms with Gasteiger partial charge >= 0.3 is 0 Å². The lowest BCUT2D eigenvalue weighted by Gasteiger charge is -2.20. The molecule has 6 heteroatoms. The summed E-state index contributed by atoms with van der Waals surface area (Å²) in [6, 6.07) is 4.56. The molecule has 0 aromatic heterocycles. The molecular weight excluding hydrogens is 324 g/mol. The van der Waals surface area contributed by atoms with E-state index in [-0.39, 0.29) is 36.1 Å². The number of nitrogens with one attached hydrogen (secondary N) is 2.